The van der Waals surface area contributed by atoms with E-state index in [0.29, 0.717) is 11.6 Å². The first kappa shape index (κ1) is 15.3. The number of ether oxygens (including phenoxy) is 2. The Morgan fingerprint density at radius 3 is 2.73 bits per heavy atom. The molecule has 2 aliphatic rings. The van der Waals surface area contributed by atoms with Gasteiger partial charge in [-0.1, -0.05) is 23.7 Å². The van der Waals surface area contributed by atoms with Crippen LogP contribution < -0.4 is 0 Å². The van der Waals surface area contributed by atoms with Crippen molar-refractivity contribution in [2.45, 2.75) is 6.10 Å². The normalized spacial score (nSPS) is 23.2. The summed E-state index contributed by atoms with van der Waals surface area (Å²) in [6, 6.07) is 7.26. The number of benzene rings is 1. The number of carbonyl (C=O) groups is 1. The van der Waals surface area contributed by atoms with Crippen LogP contribution in [0, 0.1) is 0 Å². The zero-order valence-electron chi connectivity index (χ0n) is 12.2. The first-order valence-electron chi connectivity index (χ1n) is 7.28. The number of morpholine rings is 1. The molecule has 1 atom stereocenters. The molecule has 2 heterocycles. The third kappa shape index (κ3) is 3.97. The predicted octanol–water partition coefficient (Wildman–Crippen LogP) is 1.83. The van der Waals surface area contributed by atoms with Gasteiger partial charge < -0.3 is 9.47 Å². The number of hydrazone groups is 1. The van der Waals surface area contributed by atoms with Gasteiger partial charge in [0.2, 0.25) is 0 Å². The molecule has 2 saturated heterocycles. The third-order valence-electron chi connectivity index (χ3n) is 3.64. The first-order chi connectivity index (χ1) is 10.7. The smallest absolute Gasteiger partial charge is 0.430 e. The molecule has 1 amide bonds. The number of cyclic esters (lactones) is 1. The molecule has 118 valence electrons. The lowest BCUT2D eigenvalue weighted by Crippen LogP contribution is -2.41. The Hall–Kier alpha value is -1.63. The average Bonchev–Trinajstić information content (AvgIpc) is 2.87. The molecule has 0 aromatic heterocycles. The summed E-state index contributed by atoms with van der Waals surface area (Å²) in [5, 5.41) is 6.23. The van der Waals surface area contributed by atoms with E-state index in [9.17, 15) is 4.79 Å². The number of hydrogen-bond acceptors (Lipinski definition) is 5. The van der Waals surface area contributed by atoms with E-state index in [1.165, 1.54) is 5.01 Å². The van der Waals surface area contributed by atoms with E-state index < -0.39 is 6.09 Å². The van der Waals surface area contributed by atoms with Crippen molar-refractivity contribution in [3.8, 4) is 0 Å². The second-order valence-electron chi connectivity index (χ2n) is 5.30. The lowest BCUT2D eigenvalue weighted by molar-refractivity contribution is 0.0188. The summed E-state index contributed by atoms with van der Waals surface area (Å²) in [4.78, 5) is 14.1. The molecule has 0 bridgehead atoms. The summed E-state index contributed by atoms with van der Waals surface area (Å²) in [5.41, 5.74) is 0.883. The molecule has 3 rings (SSSR count). The Morgan fingerprint density at radius 2 is 2.00 bits per heavy atom. The summed E-state index contributed by atoms with van der Waals surface area (Å²) in [7, 11) is 0. The van der Waals surface area contributed by atoms with Crippen molar-refractivity contribution in [3.05, 3.63) is 34.9 Å². The van der Waals surface area contributed by atoms with Gasteiger partial charge in [0.05, 0.1) is 26.0 Å². The predicted molar refractivity (Wildman–Crippen MR) is 83.3 cm³/mol. The van der Waals surface area contributed by atoms with Crippen LogP contribution >= 0.6 is 11.6 Å². The molecule has 2 fully saturated rings. The van der Waals surface area contributed by atoms with Gasteiger partial charge in [0.1, 0.15) is 6.10 Å². The average molecular weight is 324 g/mol. The Balaban J connectivity index is 1.54. The molecule has 1 aromatic carbocycles. The molecule has 22 heavy (non-hydrogen) atoms. The Kier molecular flexibility index (Phi) is 4.92. The quantitative estimate of drug-likeness (QED) is 0.793. The molecule has 0 saturated carbocycles. The highest BCUT2D eigenvalue weighted by molar-refractivity contribution is 6.30. The third-order valence-corrected chi connectivity index (χ3v) is 3.89. The fraction of sp³-hybridized carbons (Fsp3) is 0.467. The van der Waals surface area contributed by atoms with Crippen LogP contribution in [0.2, 0.25) is 5.02 Å². The molecular weight excluding hydrogens is 306 g/mol. The summed E-state index contributed by atoms with van der Waals surface area (Å²) >= 11 is 5.83. The van der Waals surface area contributed by atoms with Crippen LogP contribution in [-0.4, -0.2) is 67.7 Å². The zero-order chi connectivity index (χ0) is 15.4. The minimum atomic E-state index is -0.400. The highest BCUT2D eigenvalue weighted by Crippen LogP contribution is 2.14. The summed E-state index contributed by atoms with van der Waals surface area (Å²) in [5.74, 6) is 0. The zero-order valence-corrected chi connectivity index (χ0v) is 12.9. The van der Waals surface area contributed by atoms with E-state index in [2.05, 4.69) is 10.0 Å². The van der Waals surface area contributed by atoms with Crippen molar-refractivity contribution in [2.75, 3.05) is 39.4 Å². The summed E-state index contributed by atoms with van der Waals surface area (Å²) < 4.78 is 10.7. The van der Waals surface area contributed by atoms with Crippen LogP contribution in [-0.2, 0) is 9.47 Å². The van der Waals surface area contributed by atoms with E-state index in [0.717, 1.165) is 38.4 Å². The SMILES string of the molecule is O=C1OC(CN2CCOCC2)CN1N=Cc1ccc(Cl)cc1. The van der Waals surface area contributed by atoms with Crippen molar-refractivity contribution in [3.63, 3.8) is 0 Å². The monoisotopic (exact) mass is 323 g/mol. The summed E-state index contributed by atoms with van der Waals surface area (Å²) in [6.45, 7) is 4.42. The molecule has 7 heteroatoms. The van der Waals surface area contributed by atoms with Gasteiger partial charge >= 0.3 is 6.09 Å². The highest BCUT2D eigenvalue weighted by atomic mass is 35.5. The second kappa shape index (κ2) is 7.09. The topological polar surface area (TPSA) is 54.4 Å². The number of amides is 1. The fourth-order valence-corrected chi connectivity index (χ4v) is 2.58. The standard InChI is InChI=1S/C15H18ClN3O3/c16-13-3-1-12(2-4-13)9-17-19-11-14(22-15(19)20)10-18-5-7-21-8-6-18/h1-4,9,14H,5-8,10-11H2. The largest absolute Gasteiger partial charge is 0.441 e. The van der Waals surface area contributed by atoms with E-state index in [-0.39, 0.29) is 6.10 Å². The molecular formula is C15H18ClN3O3. The van der Waals surface area contributed by atoms with Crippen LogP contribution in [0.1, 0.15) is 5.56 Å². The molecule has 0 N–H and O–H groups in total. The molecule has 2 aliphatic heterocycles. The van der Waals surface area contributed by atoms with Crippen molar-refractivity contribution in [1.29, 1.82) is 0 Å². The number of nitrogens with zero attached hydrogens (tertiary/aromatic N) is 3. The van der Waals surface area contributed by atoms with Gasteiger partial charge in [-0.15, -0.1) is 0 Å². The number of carbonyl (C=O) groups excluding carboxylic acids is 1. The Bertz CT molecular complexity index is 543. The molecule has 0 aliphatic carbocycles. The maximum Gasteiger partial charge on any atom is 0.430 e. The Labute approximate surface area is 134 Å². The van der Waals surface area contributed by atoms with Gasteiger partial charge in [-0.05, 0) is 17.7 Å². The lowest BCUT2D eigenvalue weighted by atomic mass is 10.2. The van der Waals surface area contributed by atoms with Crippen LogP contribution in [0.4, 0.5) is 4.79 Å². The van der Waals surface area contributed by atoms with Crippen molar-refractivity contribution < 1.29 is 14.3 Å². The van der Waals surface area contributed by atoms with Gasteiger partial charge in [0.15, 0.2) is 0 Å². The van der Waals surface area contributed by atoms with Crippen LogP contribution in [0.25, 0.3) is 0 Å². The van der Waals surface area contributed by atoms with Crippen LogP contribution in [0.5, 0.6) is 0 Å². The second-order valence-corrected chi connectivity index (χ2v) is 5.73. The van der Waals surface area contributed by atoms with Gasteiger partial charge in [0.25, 0.3) is 0 Å². The lowest BCUT2D eigenvalue weighted by Gasteiger charge is -2.27. The van der Waals surface area contributed by atoms with Gasteiger partial charge in [-0.2, -0.15) is 10.1 Å². The number of rotatable bonds is 4. The maximum absolute atomic E-state index is 11.8. The van der Waals surface area contributed by atoms with E-state index in [1.54, 1.807) is 18.3 Å². The molecule has 0 radical (unpaired) electrons. The number of hydrogen-bond donors (Lipinski definition) is 0. The fourth-order valence-electron chi connectivity index (χ4n) is 2.45. The molecule has 1 unspecified atom stereocenters. The van der Waals surface area contributed by atoms with E-state index in [1.807, 2.05) is 12.1 Å². The van der Waals surface area contributed by atoms with Crippen molar-refractivity contribution in [2.24, 2.45) is 5.10 Å². The van der Waals surface area contributed by atoms with Crippen molar-refractivity contribution >= 4 is 23.9 Å². The Morgan fingerprint density at radius 1 is 1.27 bits per heavy atom. The van der Waals surface area contributed by atoms with Crippen LogP contribution in [0.3, 0.4) is 0 Å². The number of halogens is 1. The van der Waals surface area contributed by atoms with E-state index in [4.69, 9.17) is 21.1 Å². The minimum Gasteiger partial charge on any atom is -0.441 e. The summed E-state index contributed by atoms with van der Waals surface area (Å²) in [6.07, 6.45) is 1.09. The van der Waals surface area contributed by atoms with Crippen molar-refractivity contribution in [1.82, 2.24) is 9.91 Å². The van der Waals surface area contributed by atoms with Gasteiger partial charge in [-0.3, -0.25) is 4.90 Å². The minimum absolute atomic E-state index is 0.145. The first-order valence-corrected chi connectivity index (χ1v) is 7.66. The highest BCUT2D eigenvalue weighted by Gasteiger charge is 2.32. The molecule has 0 spiro atoms. The molecule has 1 aromatic rings. The van der Waals surface area contributed by atoms with Crippen LogP contribution in [0.15, 0.2) is 29.4 Å². The molecule has 6 nitrogen and oxygen atoms in total. The van der Waals surface area contributed by atoms with Gasteiger partial charge in [-0.25, -0.2) is 4.79 Å². The maximum atomic E-state index is 11.8. The van der Waals surface area contributed by atoms with Gasteiger partial charge in [0, 0.05) is 24.7 Å². The van der Waals surface area contributed by atoms with E-state index >= 15 is 0 Å².